The maximum atomic E-state index is 11.7. The zero-order valence-electron chi connectivity index (χ0n) is 7.24. The van der Waals surface area contributed by atoms with E-state index < -0.39 is 0 Å². The van der Waals surface area contributed by atoms with E-state index in [9.17, 15) is 4.79 Å². The summed E-state index contributed by atoms with van der Waals surface area (Å²) in [5.41, 5.74) is 6.14. The second-order valence-corrected chi connectivity index (χ2v) is 2.80. The van der Waals surface area contributed by atoms with Gasteiger partial charge in [0, 0.05) is 12.7 Å². The molecule has 2 rings (SSSR count). The number of aromatic amines is 1. The lowest BCUT2D eigenvalue weighted by atomic mass is 10.3. The molecule has 5 heteroatoms. The van der Waals surface area contributed by atoms with E-state index in [4.69, 9.17) is 5.73 Å². The van der Waals surface area contributed by atoms with Gasteiger partial charge in [0.05, 0.1) is 5.52 Å². The van der Waals surface area contributed by atoms with Gasteiger partial charge in [-0.3, -0.25) is 9.89 Å². The highest BCUT2D eigenvalue weighted by atomic mass is 16.1. The summed E-state index contributed by atoms with van der Waals surface area (Å²) in [7, 11) is 0. The smallest absolute Gasteiger partial charge is 0.263 e. The molecule has 0 aliphatic carbocycles. The van der Waals surface area contributed by atoms with Crippen LogP contribution in [0.4, 0.5) is 5.82 Å². The first-order chi connectivity index (χ1) is 6.24. The molecule has 68 valence electrons. The highest BCUT2D eigenvalue weighted by molar-refractivity contribution is 5.87. The summed E-state index contributed by atoms with van der Waals surface area (Å²) in [4.78, 5) is 11.7. The number of anilines is 1. The molecule has 2 aromatic heterocycles. The quantitative estimate of drug-likeness (QED) is 0.660. The zero-order valence-corrected chi connectivity index (χ0v) is 7.24. The molecular formula is C8H10N4O. The number of nitrogens with two attached hydrogens (primary N) is 1. The van der Waals surface area contributed by atoms with E-state index >= 15 is 0 Å². The second kappa shape index (κ2) is 2.62. The standard InChI is InChI=1S/C8H10N4O/c1-2-12-4-3-5-6(8(12)13)7(9)11-10-5/h3-4H,2H2,1H3,(H3,9,10,11). The SMILES string of the molecule is CCn1ccc2[nH]nc(N)c2c1=O. The highest BCUT2D eigenvalue weighted by Gasteiger charge is 2.07. The van der Waals surface area contributed by atoms with Gasteiger partial charge in [-0.05, 0) is 13.0 Å². The Balaban J connectivity index is 2.92. The van der Waals surface area contributed by atoms with Crippen LogP contribution in [-0.4, -0.2) is 14.8 Å². The molecule has 0 aliphatic heterocycles. The number of aryl methyl sites for hydroxylation is 1. The van der Waals surface area contributed by atoms with Gasteiger partial charge in [-0.1, -0.05) is 0 Å². The molecule has 0 spiro atoms. The molecular weight excluding hydrogens is 168 g/mol. The summed E-state index contributed by atoms with van der Waals surface area (Å²) in [6, 6.07) is 1.80. The number of nitrogens with one attached hydrogen (secondary N) is 1. The molecule has 3 N–H and O–H groups in total. The van der Waals surface area contributed by atoms with Crippen LogP contribution in [0.1, 0.15) is 6.92 Å². The number of fused-ring (bicyclic) bond motifs is 1. The van der Waals surface area contributed by atoms with Gasteiger partial charge in [0.15, 0.2) is 5.82 Å². The fraction of sp³-hybridized carbons (Fsp3) is 0.250. The Hall–Kier alpha value is -1.78. The lowest BCUT2D eigenvalue weighted by molar-refractivity contribution is 0.735. The number of hydrogen-bond acceptors (Lipinski definition) is 3. The molecule has 0 atom stereocenters. The van der Waals surface area contributed by atoms with Crippen molar-refractivity contribution >= 4 is 16.7 Å². The molecule has 0 saturated heterocycles. The molecule has 0 fully saturated rings. The molecule has 0 aliphatic rings. The lowest BCUT2D eigenvalue weighted by Crippen LogP contribution is -2.18. The van der Waals surface area contributed by atoms with Crippen molar-refractivity contribution in [3.8, 4) is 0 Å². The monoisotopic (exact) mass is 178 g/mol. The van der Waals surface area contributed by atoms with Crippen molar-refractivity contribution in [2.24, 2.45) is 0 Å². The van der Waals surface area contributed by atoms with Crippen LogP contribution >= 0.6 is 0 Å². The van der Waals surface area contributed by atoms with E-state index in [1.165, 1.54) is 0 Å². The first-order valence-electron chi connectivity index (χ1n) is 4.07. The van der Waals surface area contributed by atoms with E-state index in [2.05, 4.69) is 10.2 Å². The predicted octanol–water partition coefficient (Wildman–Crippen LogP) is 0.327. The maximum Gasteiger partial charge on any atom is 0.263 e. The minimum Gasteiger partial charge on any atom is -0.382 e. The predicted molar refractivity (Wildman–Crippen MR) is 50.4 cm³/mol. The van der Waals surface area contributed by atoms with Crippen LogP contribution in [0.25, 0.3) is 10.9 Å². The zero-order chi connectivity index (χ0) is 9.42. The van der Waals surface area contributed by atoms with Gasteiger partial charge in [-0.2, -0.15) is 5.10 Å². The van der Waals surface area contributed by atoms with Gasteiger partial charge in [-0.25, -0.2) is 0 Å². The van der Waals surface area contributed by atoms with Gasteiger partial charge in [0.2, 0.25) is 0 Å². The summed E-state index contributed by atoms with van der Waals surface area (Å²) >= 11 is 0. The van der Waals surface area contributed by atoms with Gasteiger partial charge in [0.1, 0.15) is 5.39 Å². The molecule has 0 amide bonds. The van der Waals surface area contributed by atoms with Gasteiger partial charge >= 0.3 is 0 Å². The number of pyridine rings is 1. The number of nitrogen functional groups attached to an aromatic ring is 1. The van der Waals surface area contributed by atoms with Crippen molar-refractivity contribution in [2.75, 3.05) is 5.73 Å². The fourth-order valence-corrected chi connectivity index (χ4v) is 1.34. The summed E-state index contributed by atoms with van der Waals surface area (Å²) < 4.78 is 1.59. The van der Waals surface area contributed by atoms with E-state index in [0.717, 1.165) is 0 Å². The van der Waals surface area contributed by atoms with Crippen molar-refractivity contribution < 1.29 is 0 Å². The molecule has 5 nitrogen and oxygen atoms in total. The lowest BCUT2D eigenvalue weighted by Gasteiger charge is -1.99. The van der Waals surface area contributed by atoms with Crippen LogP contribution in [0.2, 0.25) is 0 Å². The van der Waals surface area contributed by atoms with Crippen LogP contribution in [0.3, 0.4) is 0 Å². The topological polar surface area (TPSA) is 76.7 Å². The molecule has 0 bridgehead atoms. The average Bonchev–Trinajstić information content (AvgIpc) is 2.49. The number of nitrogens with zero attached hydrogens (tertiary/aromatic N) is 2. The van der Waals surface area contributed by atoms with E-state index in [-0.39, 0.29) is 11.4 Å². The van der Waals surface area contributed by atoms with Crippen molar-refractivity contribution in [1.82, 2.24) is 14.8 Å². The Morgan fingerprint density at radius 3 is 3.15 bits per heavy atom. The first kappa shape index (κ1) is 7.85. The van der Waals surface area contributed by atoms with Gasteiger partial charge < -0.3 is 10.3 Å². The molecule has 0 radical (unpaired) electrons. The Kier molecular flexibility index (Phi) is 1.58. The van der Waals surface area contributed by atoms with Crippen LogP contribution in [0.15, 0.2) is 17.1 Å². The highest BCUT2D eigenvalue weighted by Crippen LogP contribution is 2.11. The van der Waals surface area contributed by atoms with E-state index in [1.54, 1.807) is 16.8 Å². The Morgan fingerprint density at radius 2 is 2.46 bits per heavy atom. The Labute approximate surface area is 74.2 Å². The third-order valence-corrected chi connectivity index (χ3v) is 2.06. The third-order valence-electron chi connectivity index (χ3n) is 2.06. The average molecular weight is 178 g/mol. The molecule has 13 heavy (non-hydrogen) atoms. The number of aromatic nitrogens is 3. The minimum absolute atomic E-state index is 0.0914. The molecule has 0 unspecified atom stereocenters. The van der Waals surface area contributed by atoms with Gasteiger partial charge in [-0.15, -0.1) is 0 Å². The normalized spacial score (nSPS) is 10.8. The Morgan fingerprint density at radius 1 is 1.69 bits per heavy atom. The maximum absolute atomic E-state index is 11.7. The largest absolute Gasteiger partial charge is 0.382 e. The molecule has 0 saturated carbocycles. The summed E-state index contributed by atoms with van der Waals surface area (Å²) in [5.74, 6) is 0.266. The third kappa shape index (κ3) is 1.00. The van der Waals surface area contributed by atoms with E-state index in [1.807, 2.05) is 6.92 Å². The number of H-pyrrole nitrogens is 1. The Bertz CT molecular complexity index is 496. The summed E-state index contributed by atoms with van der Waals surface area (Å²) in [6.07, 6.45) is 1.72. The number of rotatable bonds is 1. The molecule has 0 aromatic carbocycles. The summed E-state index contributed by atoms with van der Waals surface area (Å²) in [6.45, 7) is 2.54. The van der Waals surface area contributed by atoms with Crippen LogP contribution in [0.5, 0.6) is 0 Å². The summed E-state index contributed by atoms with van der Waals surface area (Å²) in [5, 5.41) is 6.94. The molecule has 2 aromatic rings. The van der Waals surface area contributed by atoms with Crippen molar-refractivity contribution in [1.29, 1.82) is 0 Å². The minimum atomic E-state index is -0.0914. The first-order valence-corrected chi connectivity index (χ1v) is 4.07. The number of hydrogen-bond donors (Lipinski definition) is 2. The fourth-order valence-electron chi connectivity index (χ4n) is 1.34. The second-order valence-electron chi connectivity index (χ2n) is 2.80. The van der Waals surface area contributed by atoms with Crippen molar-refractivity contribution in [2.45, 2.75) is 13.5 Å². The van der Waals surface area contributed by atoms with Crippen LogP contribution < -0.4 is 11.3 Å². The van der Waals surface area contributed by atoms with Crippen molar-refractivity contribution in [3.63, 3.8) is 0 Å². The molecule has 2 heterocycles. The van der Waals surface area contributed by atoms with E-state index in [0.29, 0.717) is 17.4 Å². The van der Waals surface area contributed by atoms with Crippen LogP contribution in [-0.2, 0) is 6.54 Å². The van der Waals surface area contributed by atoms with Gasteiger partial charge in [0.25, 0.3) is 5.56 Å². The van der Waals surface area contributed by atoms with Crippen molar-refractivity contribution in [3.05, 3.63) is 22.6 Å². The van der Waals surface area contributed by atoms with Crippen LogP contribution in [0, 0.1) is 0 Å².